The van der Waals surface area contributed by atoms with Gasteiger partial charge in [0, 0.05) is 0 Å². The number of benzene rings is 1. The summed E-state index contributed by atoms with van der Waals surface area (Å²) in [5.74, 6) is -0.802. The zero-order chi connectivity index (χ0) is 16.4. The standard InChI is InChI=1S/C17H20N2O3S/c18-17(20)16-10-14(6-7-15(16)12-8-9-19-11-12)23(21,22)13-4-2-1-3-5-13/h1-7,10,12,15-16,19H,8-9,11H2,(H2,18,20)/t12-,15?,16?/m1/s1. The molecule has 1 aromatic carbocycles. The summed E-state index contributed by atoms with van der Waals surface area (Å²) >= 11 is 0. The van der Waals surface area contributed by atoms with Gasteiger partial charge < -0.3 is 11.1 Å². The Hall–Kier alpha value is -1.92. The quantitative estimate of drug-likeness (QED) is 0.868. The molecule has 2 unspecified atom stereocenters. The molecule has 3 N–H and O–H groups in total. The molecule has 1 saturated heterocycles. The number of hydrogen-bond acceptors (Lipinski definition) is 4. The maximum atomic E-state index is 12.7. The summed E-state index contributed by atoms with van der Waals surface area (Å²) in [6.07, 6.45) is 5.94. The number of allylic oxidation sites excluding steroid dienone is 2. The van der Waals surface area contributed by atoms with Crippen LogP contribution >= 0.6 is 0 Å². The predicted molar refractivity (Wildman–Crippen MR) is 88.0 cm³/mol. The Kier molecular flexibility index (Phi) is 4.37. The van der Waals surface area contributed by atoms with Gasteiger partial charge in [-0.05, 0) is 49.6 Å². The highest BCUT2D eigenvalue weighted by molar-refractivity contribution is 7.95. The average Bonchev–Trinajstić information content (AvgIpc) is 3.09. The normalized spacial score (nSPS) is 27.7. The first kappa shape index (κ1) is 16.0. The van der Waals surface area contributed by atoms with Crippen LogP contribution in [-0.2, 0) is 14.6 Å². The smallest absolute Gasteiger partial charge is 0.225 e. The van der Waals surface area contributed by atoms with Crippen LogP contribution in [0.2, 0.25) is 0 Å². The van der Waals surface area contributed by atoms with Gasteiger partial charge in [-0.3, -0.25) is 4.79 Å². The molecular formula is C17H20N2O3S. The summed E-state index contributed by atoms with van der Waals surface area (Å²) in [6.45, 7) is 1.74. The Morgan fingerprint density at radius 2 is 1.96 bits per heavy atom. The van der Waals surface area contributed by atoms with E-state index in [4.69, 9.17) is 5.73 Å². The molecule has 3 rings (SSSR count). The lowest BCUT2D eigenvalue weighted by atomic mass is 9.78. The number of rotatable bonds is 4. The summed E-state index contributed by atoms with van der Waals surface area (Å²) in [5.41, 5.74) is 5.54. The molecule has 3 atom stereocenters. The Morgan fingerprint density at radius 1 is 1.22 bits per heavy atom. The van der Waals surface area contributed by atoms with Crippen molar-refractivity contribution in [3.63, 3.8) is 0 Å². The van der Waals surface area contributed by atoms with Gasteiger partial charge in [-0.1, -0.05) is 30.4 Å². The number of nitrogens with one attached hydrogen (secondary N) is 1. The van der Waals surface area contributed by atoms with Crippen LogP contribution in [0.5, 0.6) is 0 Å². The minimum absolute atomic E-state index is 0.0442. The van der Waals surface area contributed by atoms with E-state index in [1.807, 2.05) is 6.08 Å². The zero-order valence-corrected chi connectivity index (χ0v) is 13.5. The molecule has 2 aliphatic rings. The largest absolute Gasteiger partial charge is 0.369 e. The maximum Gasteiger partial charge on any atom is 0.225 e. The molecule has 0 saturated carbocycles. The van der Waals surface area contributed by atoms with Crippen LogP contribution in [0.1, 0.15) is 6.42 Å². The monoisotopic (exact) mass is 332 g/mol. The lowest BCUT2D eigenvalue weighted by Gasteiger charge is -2.28. The second kappa shape index (κ2) is 6.29. The summed E-state index contributed by atoms with van der Waals surface area (Å²) in [7, 11) is -3.62. The fraction of sp³-hybridized carbons (Fsp3) is 0.353. The Balaban J connectivity index is 1.94. The second-order valence-corrected chi connectivity index (χ2v) is 7.95. The van der Waals surface area contributed by atoms with E-state index >= 15 is 0 Å². The minimum atomic E-state index is -3.62. The molecule has 0 bridgehead atoms. The molecule has 0 radical (unpaired) electrons. The van der Waals surface area contributed by atoms with Gasteiger partial charge in [-0.25, -0.2) is 8.42 Å². The van der Waals surface area contributed by atoms with E-state index in [-0.39, 0.29) is 15.7 Å². The first-order chi connectivity index (χ1) is 11.0. The Bertz CT molecular complexity index is 747. The van der Waals surface area contributed by atoms with Crippen LogP contribution in [-0.4, -0.2) is 27.4 Å². The van der Waals surface area contributed by atoms with E-state index in [0.717, 1.165) is 19.5 Å². The van der Waals surface area contributed by atoms with Gasteiger partial charge in [0.15, 0.2) is 0 Å². The molecule has 1 fully saturated rings. The van der Waals surface area contributed by atoms with Crippen LogP contribution in [0.3, 0.4) is 0 Å². The highest BCUT2D eigenvalue weighted by Gasteiger charge is 2.35. The Morgan fingerprint density at radius 3 is 2.57 bits per heavy atom. The van der Waals surface area contributed by atoms with E-state index < -0.39 is 21.7 Å². The number of sulfone groups is 1. The van der Waals surface area contributed by atoms with Crippen molar-refractivity contribution >= 4 is 15.7 Å². The first-order valence-corrected chi connectivity index (χ1v) is 9.18. The van der Waals surface area contributed by atoms with Crippen molar-refractivity contribution in [2.75, 3.05) is 13.1 Å². The highest BCUT2D eigenvalue weighted by atomic mass is 32.2. The molecule has 0 aromatic heterocycles. The predicted octanol–water partition coefficient (Wildman–Crippen LogP) is 1.24. The van der Waals surface area contributed by atoms with Gasteiger partial charge in [0.2, 0.25) is 15.7 Å². The van der Waals surface area contributed by atoms with E-state index in [2.05, 4.69) is 5.32 Å². The van der Waals surface area contributed by atoms with Gasteiger partial charge in [-0.2, -0.15) is 0 Å². The van der Waals surface area contributed by atoms with Crippen molar-refractivity contribution < 1.29 is 13.2 Å². The third-order valence-corrected chi connectivity index (χ3v) is 6.36. The van der Waals surface area contributed by atoms with Crippen LogP contribution in [0.4, 0.5) is 0 Å². The number of carbonyl (C=O) groups excluding carboxylic acids is 1. The van der Waals surface area contributed by atoms with Gasteiger partial charge in [0.05, 0.1) is 15.7 Å². The fourth-order valence-electron chi connectivity index (χ4n) is 3.31. The van der Waals surface area contributed by atoms with Crippen LogP contribution in [0, 0.1) is 17.8 Å². The van der Waals surface area contributed by atoms with Gasteiger partial charge in [-0.15, -0.1) is 0 Å². The van der Waals surface area contributed by atoms with Gasteiger partial charge >= 0.3 is 0 Å². The zero-order valence-electron chi connectivity index (χ0n) is 12.7. The van der Waals surface area contributed by atoms with Crippen LogP contribution in [0.25, 0.3) is 0 Å². The molecule has 1 aliphatic carbocycles. The molecule has 1 heterocycles. The summed E-state index contributed by atoms with van der Waals surface area (Å²) in [5, 5.41) is 3.27. The van der Waals surface area contributed by atoms with Crippen molar-refractivity contribution in [1.29, 1.82) is 0 Å². The Labute approximate surface area is 136 Å². The second-order valence-electron chi connectivity index (χ2n) is 6.00. The highest BCUT2D eigenvalue weighted by Crippen LogP contribution is 2.35. The molecule has 122 valence electrons. The van der Waals surface area contributed by atoms with E-state index in [9.17, 15) is 13.2 Å². The number of carbonyl (C=O) groups is 1. The molecular weight excluding hydrogens is 312 g/mol. The van der Waals surface area contributed by atoms with Crippen molar-refractivity contribution in [3.8, 4) is 0 Å². The first-order valence-electron chi connectivity index (χ1n) is 7.70. The van der Waals surface area contributed by atoms with E-state index in [0.29, 0.717) is 5.92 Å². The minimum Gasteiger partial charge on any atom is -0.369 e. The fourth-order valence-corrected chi connectivity index (χ4v) is 4.68. The van der Waals surface area contributed by atoms with Crippen molar-refractivity contribution in [3.05, 3.63) is 53.5 Å². The summed E-state index contributed by atoms with van der Waals surface area (Å²) in [6, 6.07) is 8.23. The SMILES string of the molecule is NC(=O)C1C=C(S(=O)(=O)c2ccccc2)C=CC1[C@@H]1CCNC1. The van der Waals surface area contributed by atoms with E-state index in [1.54, 1.807) is 36.4 Å². The average molecular weight is 332 g/mol. The van der Waals surface area contributed by atoms with Crippen molar-refractivity contribution in [2.45, 2.75) is 11.3 Å². The molecule has 0 spiro atoms. The topological polar surface area (TPSA) is 89.3 Å². The number of amides is 1. The molecule has 1 aliphatic heterocycles. The summed E-state index contributed by atoms with van der Waals surface area (Å²) < 4.78 is 25.4. The molecule has 6 heteroatoms. The van der Waals surface area contributed by atoms with Gasteiger partial charge in [0.25, 0.3) is 0 Å². The number of hydrogen-bond donors (Lipinski definition) is 2. The van der Waals surface area contributed by atoms with Crippen molar-refractivity contribution in [2.24, 2.45) is 23.5 Å². The molecule has 5 nitrogen and oxygen atoms in total. The lowest BCUT2D eigenvalue weighted by Crippen LogP contribution is -2.34. The third-order valence-electron chi connectivity index (χ3n) is 4.58. The van der Waals surface area contributed by atoms with Crippen molar-refractivity contribution in [1.82, 2.24) is 5.32 Å². The van der Waals surface area contributed by atoms with Crippen LogP contribution < -0.4 is 11.1 Å². The molecule has 1 amide bonds. The molecule has 1 aromatic rings. The van der Waals surface area contributed by atoms with Gasteiger partial charge in [0.1, 0.15) is 0 Å². The van der Waals surface area contributed by atoms with E-state index in [1.165, 1.54) is 6.08 Å². The number of nitrogens with two attached hydrogens (primary N) is 1. The maximum absolute atomic E-state index is 12.7. The summed E-state index contributed by atoms with van der Waals surface area (Å²) in [4.78, 5) is 12.2. The van der Waals surface area contributed by atoms with Crippen LogP contribution in [0.15, 0.2) is 58.4 Å². The molecule has 23 heavy (non-hydrogen) atoms. The third kappa shape index (κ3) is 3.09. The number of primary amides is 1. The lowest BCUT2D eigenvalue weighted by molar-refractivity contribution is -0.121.